The van der Waals surface area contributed by atoms with Gasteiger partial charge in [-0.15, -0.1) is 4.52 Å². The van der Waals surface area contributed by atoms with Crippen molar-refractivity contribution >= 4 is 14.2 Å². The van der Waals surface area contributed by atoms with E-state index in [0.29, 0.717) is 6.42 Å². The van der Waals surface area contributed by atoms with Crippen molar-refractivity contribution in [3.63, 3.8) is 0 Å². The number of rotatable bonds is 8. The number of carboxylic acids is 1. The maximum atomic E-state index is 10.6. The van der Waals surface area contributed by atoms with Gasteiger partial charge in [-0.3, -0.25) is 0 Å². The molecule has 14 heavy (non-hydrogen) atoms. The van der Waals surface area contributed by atoms with Gasteiger partial charge in [-0.1, -0.05) is 11.1 Å². The van der Waals surface area contributed by atoms with E-state index in [1.165, 1.54) is 0 Å². The average molecular weight is 223 g/mol. The fourth-order valence-corrected chi connectivity index (χ4v) is 1.06. The Labute approximate surface area is 82.1 Å². The summed E-state index contributed by atoms with van der Waals surface area (Å²) in [6.07, 6.45) is 0.651. The molecule has 1 atom stereocenters. The molecule has 0 radical (unpaired) electrons. The molecule has 0 aliphatic carbocycles. The maximum Gasteiger partial charge on any atom is 0.699 e. The van der Waals surface area contributed by atoms with Gasteiger partial charge in [0.05, 0.1) is 0 Å². The lowest BCUT2D eigenvalue weighted by molar-refractivity contribution is -0.132. The molecule has 0 amide bonds. The molecule has 0 bridgehead atoms. The maximum absolute atomic E-state index is 10.6. The molecule has 0 aromatic heterocycles. The zero-order valence-electron chi connectivity index (χ0n) is 7.51. The Morgan fingerprint density at radius 2 is 2.07 bits per heavy atom. The summed E-state index contributed by atoms with van der Waals surface area (Å²) in [4.78, 5) is 10.3. The van der Waals surface area contributed by atoms with Crippen LogP contribution in [0.4, 0.5) is 0 Å². The molecule has 0 aliphatic rings. The van der Waals surface area contributed by atoms with Crippen LogP contribution in [0.15, 0.2) is 12.2 Å². The second-order valence-electron chi connectivity index (χ2n) is 2.33. The van der Waals surface area contributed by atoms with Gasteiger partial charge in [0.25, 0.3) is 0 Å². The molecule has 0 aliphatic heterocycles. The van der Waals surface area contributed by atoms with Gasteiger partial charge in [-0.25, -0.2) is 4.79 Å². The first-order chi connectivity index (χ1) is 6.57. The third kappa shape index (κ3) is 6.68. The predicted molar refractivity (Wildman–Crippen MR) is 47.7 cm³/mol. The smallest absolute Gasteiger partial charge is 0.478 e. The molecular weight excluding hydrogens is 211 g/mol. The van der Waals surface area contributed by atoms with Crippen LogP contribution < -0.4 is 0 Å². The molecule has 0 saturated heterocycles. The first-order valence-corrected chi connectivity index (χ1v) is 4.92. The Kier molecular flexibility index (Phi) is 7.14. The van der Waals surface area contributed by atoms with Gasteiger partial charge in [0, 0.05) is 10.1 Å². The quantitative estimate of drug-likeness (QED) is 0.276. The van der Waals surface area contributed by atoms with Crippen molar-refractivity contribution in [2.45, 2.75) is 12.8 Å². The van der Waals surface area contributed by atoms with Gasteiger partial charge in [-0.2, -0.15) is 0 Å². The molecule has 0 fully saturated rings. The highest BCUT2D eigenvalue weighted by Crippen LogP contribution is 2.23. The second kappa shape index (κ2) is 7.58. The van der Waals surface area contributed by atoms with Crippen LogP contribution in [0.2, 0.25) is 0 Å². The summed E-state index contributed by atoms with van der Waals surface area (Å²) in [5.41, 5.74) is 0.0758. The summed E-state index contributed by atoms with van der Waals surface area (Å²) >= 11 is 0. The van der Waals surface area contributed by atoms with E-state index in [4.69, 9.17) is 10.2 Å². The summed E-state index contributed by atoms with van der Waals surface area (Å²) in [5.74, 6) is -1.05. The van der Waals surface area contributed by atoms with Crippen LogP contribution >= 0.6 is 8.25 Å². The van der Waals surface area contributed by atoms with E-state index in [2.05, 4.69) is 15.6 Å². The van der Waals surface area contributed by atoms with E-state index >= 15 is 0 Å². The van der Waals surface area contributed by atoms with Crippen molar-refractivity contribution in [2.75, 3.05) is 13.4 Å². The van der Waals surface area contributed by atoms with E-state index in [0.717, 1.165) is 0 Å². The molecule has 0 aromatic carbocycles. The van der Waals surface area contributed by atoms with Gasteiger partial charge < -0.3 is 10.2 Å². The minimum atomic E-state index is -2.30. The first kappa shape index (κ1) is 13.2. The second-order valence-corrected chi connectivity index (χ2v) is 3.29. The van der Waals surface area contributed by atoms with Crippen LogP contribution in [0.5, 0.6) is 0 Å². The topological polar surface area (TPSA) is 93.1 Å². The van der Waals surface area contributed by atoms with Crippen molar-refractivity contribution in [2.24, 2.45) is 0 Å². The Morgan fingerprint density at radius 1 is 1.43 bits per heavy atom. The normalized spacial score (nSPS) is 11.1. The zero-order valence-corrected chi connectivity index (χ0v) is 8.40. The van der Waals surface area contributed by atoms with E-state index in [-0.39, 0.29) is 18.6 Å². The van der Waals surface area contributed by atoms with Gasteiger partial charge in [-0.05, 0) is 12.8 Å². The van der Waals surface area contributed by atoms with Gasteiger partial charge in [0.2, 0.25) is 6.79 Å². The molecule has 0 spiro atoms. The number of aliphatic hydroxyl groups excluding tert-OH is 1. The van der Waals surface area contributed by atoms with Gasteiger partial charge in [0.15, 0.2) is 0 Å². The Hall–Kier alpha value is -0.810. The predicted octanol–water partition coefficient (Wildman–Crippen LogP) is 1.05. The Bertz CT molecular complexity index is 226. The van der Waals surface area contributed by atoms with Gasteiger partial charge in [0.1, 0.15) is 6.61 Å². The largest absolute Gasteiger partial charge is 0.699 e. The fourth-order valence-electron chi connectivity index (χ4n) is 0.616. The lowest BCUT2D eigenvalue weighted by Gasteiger charge is -1.95. The molecule has 80 valence electrons. The molecule has 0 saturated carbocycles. The minimum absolute atomic E-state index is 0.0758. The summed E-state index contributed by atoms with van der Waals surface area (Å²) in [5, 5.41) is 16.6. The third-order valence-corrected chi connectivity index (χ3v) is 2.00. The highest BCUT2D eigenvalue weighted by molar-refractivity contribution is 7.33. The van der Waals surface area contributed by atoms with Gasteiger partial charge >= 0.3 is 14.2 Å². The van der Waals surface area contributed by atoms with Crippen molar-refractivity contribution in [3.05, 3.63) is 12.2 Å². The SMILES string of the molecule is C=C(CCCO[P+](=O)OCO)C(=O)O. The van der Waals surface area contributed by atoms with Crippen LogP contribution in [0.1, 0.15) is 12.8 Å². The monoisotopic (exact) mass is 223 g/mol. The summed E-state index contributed by atoms with van der Waals surface area (Å²) in [6, 6.07) is 0. The Balaban J connectivity index is 3.42. The van der Waals surface area contributed by atoms with Crippen molar-refractivity contribution < 1.29 is 28.6 Å². The molecule has 1 unspecified atom stereocenters. The van der Waals surface area contributed by atoms with Crippen LogP contribution in [-0.4, -0.2) is 29.6 Å². The highest BCUT2D eigenvalue weighted by atomic mass is 31.1. The number of aliphatic carboxylic acids is 1. The van der Waals surface area contributed by atoms with Crippen LogP contribution in [0, 0.1) is 0 Å². The number of hydrogen-bond acceptors (Lipinski definition) is 5. The van der Waals surface area contributed by atoms with Crippen LogP contribution in [0.25, 0.3) is 0 Å². The summed E-state index contributed by atoms with van der Waals surface area (Å²) < 4.78 is 19.4. The number of hydrogen-bond donors (Lipinski definition) is 2. The molecule has 7 heteroatoms. The fraction of sp³-hybridized carbons (Fsp3) is 0.571. The van der Waals surface area contributed by atoms with E-state index in [9.17, 15) is 9.36 Å². The first-order valence-electron chi connectivity index (χ1n) is 3.83. The molecule has 2 N–H and O–H groups in total. The Morgan fingerprint density at radius 3 is 2.57 bits per heavy atom. The standard InChI is InChI=1S/C7H11O6P/c1-6(7(9)10)3-2-4-12-14(11)13-5-8/h8H,1-5H2/p+1. The highest BCUT2D eigenvalue weighted by Gasteiger charge is 2.18. The molecule has 6 nitrogen and oxygen atoms in total. The molecule has 0 aromatic rings. The lowest BCUT2D eigenvalue weighted by Crippen LogP contribution is -2.00. The molecular formula is C7H12O6P+. The number of carboxylic acid groups (broad SMARTS) is 1. The van der Waals surface area contributed by atoms with E-state index in [1.807, 2.05) is 0 Å². The minimum Gasteiger partial charge on any atom is -0.478 e. The zero-order chi connectivity index (χ0) is 11.0. The summed E-state index contributed by atoms with van der Waals surface area (Å²) in [6.45, 7) is 2.74. The molecule has 0 rings (SSSR count). The van der Waals surface area contributed by atoms with Crippen molar-refractivity contribution in [1.29, 1.82) is 0 Å². The summed E-state index contributed by atoms with van der Waals surface area (Å²) in [7, 11) is -2.30. The number of carbonyl (C=O) groups is 1. The van der Waals surface area contributed by atoms with Crippen molar-refractivity contribution in [3.8, 4) is 0 Å². The third-order valence-electron chi connectivity index (χ3n) is 1.29. The molecule has 0 heterocycles. The van der Waals surface area contributed by atoms with Crippen LogP contribution in [0.3, 0.4) is 0 Å². The number of aliphatic hydroxyl groups is 1. The van der Waals surface area contributed by atoms with E-state index < -0.39 is 21.0 Å². The van der Waals surface area contributed by atoms with Crippen LogP contribution in [-0.2, 0) is 18.4 Å². The average Bonchev–Trinajstić information content (AvgIpc) is 2.12. The van der Waals surface area contributed by atoms with E-state index in [1.54, 1.807) is 0 Å². The van der Waals surface area contributed by atoms with Crippen molar-refractivity contribution in [1.82, 2.24) is 0 Å². The lowest BCUT2D eigenvalue weighted by atomic mass is 10.2.